The third-order valence-corrected chi connectivity index (χ3v) is 7.90. The second-order valence-corrected chi connectivity index (χ2v) is 10.7. The zero-order valence-corrected chi connectivity index (χ0v) is 13.0. The molecule has 0 unspecified atom stereocenters. The Morgan fingerprint density at radius 2 is 1.78 bits per heavy atom. The molecule has 0 aromatic rings. The molecule has 4 heteroatoms. The topological polar surface area (TPSA) is 56.8 Å². The molecule has 0 radical (unpaired) electrons. The molecule has 0 amide bonds. The normalized spacial score (nSPS) is 11.6. The summed E-state index contributed by atoms with van der Waals surface area (Å²) in [7, 11) is -1.81. The summed E-state index contributed by atoms with van der Waals surface area (Å²) in [5.74, 6) is -0.641. The van der Waals surface area contributed by atoms with E-state index in [1.807, 2.05) is 12.1 Å². The van der Waals surface area contributed by atoms with Gasteiger partial charge in [0.2, 0.25) is 0 Å². The van der Waals surface area contributed by atoms with Gasteiger partial charge in [0.15, 0.2) is 8.32 Å². The average molecular weight is 262 g/mol. The maximum absolute atomic E-state index is 8.76. The van der Waals surface area contributed by atoms with Gasteiger partial charge in [-0.1, -0.05) is 27.4 Å². The van der Waals surface area contributed by atoms with E-state index in [9.17, 15) is 0 Å². The molecule has 0 aliphatic heterocycles. The van der Waals surface area contributed by atoms with E-state index < -0.39 is 14.2 Å². The Labute approximate surface area is 112 Å². The highest BCUT2D eigenvalue weighted by Gasteiger charge is 2.37. The molecule has 3 nitrogen and oxygen atoms in total. The Kier molecular flexibility index (Phi) is 6.08. The number of rotatable bonds is 5. The van der Waals surface area contributed by atoms with Crippen molar-refractivity contribution in [1.29, 1.82) is 10.5 Å². The summed E-state index contributed by atoms with van der Waals surface area (Å²) in [6.45, 7) is 14.9. The van der Waals surface area contributed by atoms with Crippen molar-refractivity contribution < 1.29 is 4.43 Å². The molecule has 0 aliphatic carbocycles. The minimum Gasteiger partial charge on any atom is -0.412 e. The first-order chi connectivity index (χ1) is 8.17. The van der Waals surface area contributed by atoms with E-state index in [-0.39, 0.29) is 5.04 Å². The van der Waals surface area contributed by atoms with Crippen molar-refractivity contribution in [2.75, 3.05) is 6.61 Å². The van der Waals surface area contributed by atoms with Crippen LogP contribution in [0.5, 0.6) is 0 Å². The molecule has 0 fully saturated rings. The van der Waals surface area contributed by atoms with Crippen LogP contribution in [-0.4, -0.2) is 14.9 Å². The van der Waals surface area contributed by atoms with Crippen molar-refractivity contribution in [2.24, 2.45) is 5.92 Å². The van der Waals surface area contributed by atoms with Crippen LogP contribution in [-0.2, 0) is 4.43 Å². The first-order valence-electron chi connectivity index (χ1n) is 5.99. The van der Waals surface area contributed by atoms with Gasteiger partial charge in [0, 0.05) is 6.42 Å². The zero-order valence-electron chi connectivity index (χ0n) is 12.0. The quantitative estimate of drug-likeness (QED) is 0.559. The van der Waals surface area contributed by atoms with Crippen molar-refractivity contribution in [3.63, 3.8) is 0 Å². The van der Waals surface area contributed by atoms with E-state index in [1.165, 1.54) is 0 Å². The van der Waals surface area contributed by atoms with Crippen molar-refractivity contribution in [3.8, 4) is 12.1 Å². The van der Waals surface area contributed by atoms with Gasteiger partial charge < -0.3 is 4.43 Å². The molecule has 0 N–H and O–H groups in total. The fourth-order valence-corrected chi connectivity index (χ4v) is 2.00. The summed E-state index contributed by atoms with van der Waals surface area (Å²) in [4.78, 5) is 0. The molecular weight excluding hydrogens is 240 g/mol. The summed E-state index contributed by atoms with van der Waals surface area (Å²) in [5, 5.41) is 17.7. The Bertz CT molecular complexity index is 401. The summed E-state index contributed by atoms with van der Waals surface area (Å²) >= 11 is 0. The number of nitrogens with zero attached hydrogens (tertiary/aromatic N) is 2. The smallest absolute Gasteiger partial charge is 0.192 e. The van der Waals surface area contributed by atoms with Crippen molar-refractivity contribution in [3.05, 3.63) is 17.9 Å². The van der Waals surface area contributed by atoms with Gasteiger partial charge in [-0.3, -0.25) is 0 Å². The van der Waals surface area contributed by atoms with Gasteiger partial charge >= 0.3 is 0 Å². The molecule has 0 bridgehead atoms. The minimum atomic E-state index is -1.81. The molecule has 0 saturated heterocycles. The van der Waals surface area contributed by atoms with Crippen LogP contribution in [0.1, 0.15) is 27.2 Å². The molecular formula is C14H22N2OSi. The molecule has 0 rings (SSSR count). The van der Waals surface area contributed by atoms with Gasteiger partial charge in [-0.05, 0) is 23.7 Å². The lowest BCUT2D eigenvalue weighted by Gasteiger charge is -2.36. The third kappa shape index (κ3) is 4.90. The molecule has 18 heavy (non-hydrogen) atoms. The second-order valence-electron chi connectivity index (χ2n) is 5.84. The molecule has 0 saturated carbocycles. The third-order valence-electron chi connectivity index (χ3n) is 3.43. The first kappa shape index (κ1) is 16.7. The number of hydrogen-bond acceptors (Lipinski definition) is 3. The molecule has 98 valence electrons. The van der Waals surface area contributed by atoms with Crippen molar-refractivity contribution in [2.45, 2.75) is 45.3 Å². The molecule has 0 atom stereocenters. The van der Waals surface area contributed by atoms with Crippen LogP contribution >= 0.6 is 0 Å². The molecule has 0 aliphatic rings. The fraction of sp³-hybridized carbons (Fsp3) is 0.643. The first-order valence-corrected chi connectivity index (χ1v) is 8.89. The Morgan fingerprint density at radius 3 is 2.11 bits per heavy atom. The van der Waals surface area contributed by atoms with Gasteiger partial charge in [-0.15, -0.1) is 5.73 Å². The Balaban J connectivity index is 4.59. The van der Waals surface area contributed by atoms with Crippen LogP contribution < -0.4 is 0 Å². The average Bonchev–Trinajstić information content (AvgIpc) is 2.28. The predicted octanol–water partition coefficient (Wildman–Crippen LogP) is 3.77. The van der Waals surface area contributed by atoms with Crippen LogP contribution in [0.25, 0.3) is 0 Å². The van der Waals surface area contributed by atoms with Crippen LogP contribution in [0.2, 0.25) is 18.1 Å². The summed E-state index contributed by atoms with van der Waals surface area (Å²) < 4.78 is 6.02. The monoisotopic (exact) mass is 262 g/mol. The summed E-state index contributed by atoms with van der Waals surface area (Å²) in [6.07, 6.45) is 0.366. The maximum Gasteiger partial charge on any atom is 0.192 e. The van der Waals surface area contributed by atoms with Gasteiger partial charge in [0.25, 0.3) is 0 Å². The fourth-order valence-electron chi connectivity index (χ4n) is 1.03. The molecule has 0 aromatic heterocycles. The summed E-state index contributed by atoms with van der Waals surface area (Å²) in [6, 6.07) is 3.90. The lowest BCUT2D eigenvalue weighted by Crippen LogP contribution is -2.41. The highest BCUT2D eigenvalue weighted by Crippen LogP contribution is 2.36. The van der Waals surface area contributed by atoms with Crippen LogP contribution in [0.15, 0.2) is 17.9 Å². The van der Waals surface area contributed by atoms with Gasteiger partial charge in [-0.25, -0.2) is 0 Å². The van der Waals surface area contributed by atoms with Crippen molar-refractivity contribution >= 4 is 8.32 Å². The maximum atomic E-state index is 8.76. The predicted molar refractivity (Wildman–Crippen MR) is 75.1 cm³/mol. The Hall–Kier alpha value is -1.32. The molecule has 0 heterocycles. The van der Waals surface area contributed by atoms with E-state index in [2.05, 4.69) is 46.2 Å². The molecule has 0 spiro atoms. The summed E-state index contributed by atoms with van der Waals surface area (Å²) in [5.41, 5.74) is 3.59. The number of hydrogen-bond donors (Lipinski definition) is 0. The highest BCUT2D eigenvalue weighted by molar-refractivity contribution is 6.74. The molecule has 0 aromatic carbocycles. The van der Waals surface area contributed by atoms with Crippen LogP contribution in [0.3, 0.4) is 0 Å². The highest BCUT2D eigenvalue weighted by atomic mass is 28.4. The minimum absolute atomic E-state index is 0.142. The Morgan fingerprint density at radius 1 is 1.28 bits per heavy atom. The SMILES string of the molecule is C=C=C(CO[Si](C)(C)C(C)(C)C)CC(C#N)C#N. The largest absolute Gasteiger partial charge is 0.412 e. The van der Waals surface area contributed by atoms with E-state index in [4.69, 9.17) is 14.9 Å². The lowest BCUT2D eigenvalue weighted by molar-refractivity contribution is 0.314. The van der Waals surface area contributed by atoms with E-state index in [1.54, 1.807) is 0 Å². The van der Waals surface area contributed by atoms with Crippen LogP contribution in [0.4, 0.5) is 0 Å². The van der Waals surface area contributed by atoms with Gasteiger partial charge in [-0.2, -0.15) is 10.5 Å². The van der Waals surface area contributed by atoms with Crippen molar-refractivity contribution in [1.82, 2.24) is 0 Å². The standard InChI is InChI=1S/C14H22N2OSi/c1-7-12(8-13(9-15)10-16)11-17-18(5,6)14(2,3)4/h13H,1,8,11H2,2-6H3. The van der Waals surface area contributed by atoms with E-state index in [0.717, 1.165) is 5.57 Å². The second kappa shape index (κ2) is 6.57. The van der Waals surface area contributed by atoms with E-state index >= 15 is 0 Å². The van der Waals surface area contributed by atoms with Gasteiger partial charge in [0.1, 0.15) is 5.92 Å². The van der Waals surface area contributed by atoms with Crippen LogP contribution in [0, 0.1) is 28.6 Å². The number of nitriles is 2. The van der Waals surface area contributed by atoms with E-state index in [0.29, 0.717) is 13.0 Å². The zero-order chi connectivity index (χ0) is 14.4. The van der Waals surface area contributed by atoms with Gasteiger partial charge in [0.05, 0.1) is 18.7 Å². The lowest BCUT2D eigenvalue weighted by atomic mass is 10.0.